The molecule has 0 radical (unpaired) electrons. The van der Waals surface area contributed by atoms with Gasteiger partial charge in [-0.25, -0.2) is 9.97 Å². The van der Waals surface area contributed by atoms with Crippen molar-refractivity contribution in [3.8, 4) is 0 Å². The van der Waals surface area contributed by atoms with Gasteiger partial charge in [0.25, 0.3) is 0 Å². The molecule has 0 saturated carbocycles. The maximum absolute atomic E-state index is 12.5. The molecule has 0 atom stereocenters. The molecule has 1 N–H and O–H groups in total. The molecule has 1 aliphatic rings. The topological polar surface area (TPSA) is 75.9 Å². The van der Waals surface area contributed by atoms with Crippen LogP contribution in [0.25, 0.3) is 6.08 Å². The van der Waals surface area contributed by atoms with Crippen LogP contribution in [-0.2, 0) is 11.8 Å². The second kappa shape index (κ2) is 8.90. The van der Waals surface area contributed by atoms with Gasteiger partial charge in [-0.3, -0.25) is 9.48 Å². The van der Waals surface area contributed by atoms with Crippen LogP contribution in [0.2, 0.25) is 0 Å². The first kappa shape index (κ1) is 19.8. The predicted octanol–water partition coefficient (Wildman–Crippen LogP) is 3.68. The van der Waals surface area contributed by atoms with E-state index in [0.717, 1.165) is 48.8 Å². The van der Waals surface area contributed by atoms with Crippen LogP contribution in [0, 0.1) is 6.92 Å². The second-order valence-corrected chi connectivity index (χ2v) is 7.64. The van der Waals surface area contributed by atoms with E-state index < -0.39 is 0 Å². The van der Waals surface area contributed by atoms with Crippen LogP contribution in [0.3, 0.4) is 0 Å². The van der Waals surface area contributed by atoms with E-state index in [1.807, 2.05) is 55.5 Å². The van der Waals surface area contributed by atoms with Crippen LogP contribution in [0.5, 0.6) is 0 Å². The van der Waals surface area contributed by atoms with Crippen LogP contribution < -0.4 is 5.32 Å². The van der Waals surface area contributed by atoms with Crippen molar-refractivity contribution in [2.45, 2.75) is 25.7 Å². The smallest absolute Gasteiger partial charge is 0.246 e. The molecule has 1 aliphatic heterocycles. The number of carbonyl (C=O) groups is 1. The first-order valence-electron chi connectivity index (χ1n) is 10.2. The van der Waals surface area contributed by atoms with Gasteiger partial charge in [0.05, 0.1) is 6.20 Å². The number of hydrogen-bond acceptors (Lipinski definition) is 5. The van der Waals surface area contributed by atoms with Crippen molar-refractivity contribution in [1.29, 1.82) is 0 Å². The SMILES string of the molecule is Cc1cccc(Nc2cc(C3CCN(C(=O)C=Cc4cnn(C)c4)CC3)ccn2)n1. The number of carbonyl (C=O) groups excluding carboxylic acids is 1. The predicted molar refractivity (Wildman–Crippen MR) is 117 cm³/mol. The fraction of sp³-hybridized carbons (Fsp3) is 0.304. The summed E-state index contributed by atoms with van der Waals surface area (Å²) in [4.78, 5) is 23.3. The molecule has 7 nitrogen and oxygen atoms in total. The van der Waals surface area contributed by atoms with Crippen molar-refractivity contribution in [1.82, 2.24) is 24.6 Å². The van der Waals surface area contributed by atoms with Gasteiger partial charge < -0.3 is 10.2 Å². The maximum Gasteiger partial charge on any atom is 0.246 e. The molecule has 0 aliphatic carbocycles. The maximum atomic E-state index is 12.5. The summed E-state index contributed by atoms with van der Waals surface area (Å²) in [7, 11) is 1.86. The van der Waals surface area contributed by atoms with E-state index in [4.69, 9.17) is 0 Å². The Labute approximate surface area is 176 Å². The summed E-state index contributed by atoms with van der Waals surface area (Å²) in [5, 5.41) is 7.40. The highest BCUT2D eigenvalue weighted by molar-refractivity contribution is 5.91. The lowest BCUT2D eigenvalue weighted by Gasteiger charge is -2.31. The molecule has 154 valence electrons. The van der Waals surface area contributed by atoms with Gasteiger partial charge in [0.1, 0.15) is 11.6 Å². The number of aromatic nitrogens is 4. The third kappa shape index (κ3) is 4.92. The van der Waals surface area contributed by atoms with Gasteiger partial charge in [0, 0.05) is 49.9 Å². The summed E-state index contributed by atoms with van der Waals surface area (Å²) in [6.07, 6.45) is 10.8. The first-order chi connectivity index (χ1) is 14.6. The highest BCUT2D eigenvalue weighted by Gasteiger charge is 2.23. The van der Waals surface area contributed by atoms with Crippen molar-refractivity contribution in [3.05, 3.63) is 71.8 Å². The molecule has 1 saturated heterocycles. The van der Waals surface area contributed by atoms with Gasteiger partial charge in [0.2, 0.25) is 5.91 Å². The van der Waals surface area contributed by atoms with Gasteiger partial charge in [-0.15, -0.1) is 0 Å². The normalized spacial score (nSPS) is 14.9. The van der Waals surface area contributed by atoms with Crippen molar-refractivity contribution >= 4 is 23.6 Å². The van der Waals surface area contributed by atoms with Crippen molar-refractivity contribution < 1.29 is 4.79 Å². The number of rotatable bonds is 5. The van der Waals surface area contributed by atoms with Crippen LogP contribution in [0.4, 0.5) is 11.6 Å². The molecule has 30 heavy (non-hydrogen) atoms. The number of pyridine rings is 2. The zero-order valence-electron chi connectivity index (χ0n) is 17.3. The van der Waals surface area contributed by atoms with Crippen LogP contribution >= 0.6 is 0 Å². The molecule has 0 aromatic carbocycles. The Bertz CT molecular complexity index is 1050. The zero-order valence-corrected chi connectivity index (χ0v) is 17.3. The van der Waals surface area contributed by atoms with Gasteiger partial charge >= 0.3 is 0 Å². The van der Waals surface area contributed by atoms with Crippen molar-refractivity contribution in [2.75, 3.05) is 18.4 Å². The fourth-order valence-corrected chi connectivity index (χ4v) is 3.75. The summed E-state index contributed by atoms with van der Waals surface area (Å²) in [6.45, 7) is 3.48. The van der Waals surface area contributed by atoms with E-state index >= 15 is 0 Å². The molecule has 0 spiro atoms. The molecule has 3 aromatic heterocycles. The van der Waals surface area contributed by atoms with Crippen LogP contribution in [0.1, 0.15) is 35.6 Å². The van der Waals surface area contributed by atoms with E-state index in [1.165, 1.54) is 5.56 Å². The fourth-order valence-electron chi connectivity index (χ4n) is 3.75. The largest absolute Gasteiger partial charge is 0.339 e. The number of nitrogens with zero attached hydrogens (tertiary/aromatic N) is 5. The van der Waals surface area contributed by atoms with Gasteiger partial charge in [-0.05, 0) is 61.6 Å². The quantitative estimate of drug-likeness (QED) is 0.659. The van der Waals surface area contributed by atoms with E-state index in [9.17, 15) is 4.79 Å². The van der Waals surface area contributed by atoms with Gasteiger partial charge in [-0.2, -0.15) is 5.10 Å². The minimum atomic E-state index is 0.0555. The molecule has 3 aromatic rings. The molecule has 4 heterocycles. The summed E-state index contributed by atoms with van der Waals surface area (Å²) in [5.41, 5.74) is 3.14. The number of piperidine rings is 1. The number of amides is 1. The summed E-state index contributed by atoms with van der Waals surface area (Å²) >= 11 is 0. The van der Waals surface area contributed by atoms with Gasteiger partial charge in [-0.1, -0.05) is 6.07 Å². The van der Waals surface area contributed by atoms with E-state index in [0.29, 0.717) is 5.92 Å². The Kier molecular flexibility index (Phi) is 5.88. The number of hydrogen-bond donors (Lipinski definition) is 1. The molecule has 4 rings (SSSR count). The highest BCUT2D eigenvalue weighted by Crippen LogP contribution is 2.29. The van der Waals surface area contributed by atoms with Crippen molar-refractivity contribution in [2.24, 2.45) is 7.05 Å². The lowest BCUT2D eigenvalue weighted by Crippen LogP contribution is -2.36. The highest BCUT2D eigenvalue weighted by atomic mass is 16.2. The first-order valence-corrected chi connectivity index (χ1v) is 10.2. The molecule has 0 bridgehead atoms. The molecule has 1 fully saturated rings. The number of nitrogens with one attached hydrogen (secondary N) is 1. The number of aryl methyl sites for hydroxylation is 2. The monoisotopic (exact) mass is 402 g/mol. The molecule has 0 unspecified atom stereocenters. The minimum Gasteiger partial charge on any atom is -0.339 e. The Morgan fingerprint density at radius 3 is 2.77 bits per heavy atom. The molecule has 1 amide bonds. The molecule has 7 heteroatoms. The number of likely N-dealkylation sites (tertiary alicyclic amines) is 1. The zero-order chi connectivity index (χ0) is 20.9. The summed E-state index contributed by atoms with van der Waals surface area (Å²) in [6, 6.07) is 10.0. The van der Waals surface area contributed by atoms with Crippen LogP contribution in [-0.4, -0.2) is 43.6 Å². The summed E-state index contributed by atoms with van der Waals surface area (Å²) < 4.78 is 1.72. The summed E-state index contributed by atoms with van der Waals surface area (Å²) in [5.74, 6) is 2.06. The van der Waals surface area contributed by atoms with Crippen molar-refractivity contribution in [3.63, 3.8) is 0 Å². The Morgan fingerprint density at radius 2 is 2.03 bits per heavy atom. The third-order valence-electron chi connectivity index (χ3n) is 5.35. The Morgan fingerprint density at radius 1 is 1.20 bits per heavy atom. The van der Waals surface area contributed by atoms with E-state index in [1.54, 1.807) is 17.0 Å². The van der Waals surface area contributed by atoms with E-state index in [2.05, 4.69) is 32.5 Å². The Hall–Kier alpha value is -3.48. The lowest BCUT2D eigenvalue weighted by molar-refractivity contribution is -0.126. The average Bonchev–Trinajstić information content (AvgIpc) is 3.17. The lowest BCUT2D eigenvalue weighted by atomic mass is 9.90. The average molecular weight is 403 g/mol. The standard InChI is InChI=1S/C23H26N6O/c1-17-4-3-5-21(26-17)27-22-14-20(8-11-24-22)19-9-12-29(13-10-19)23(30)7-6-18-15-25-28(2)16-18/h3-8,11,14-16,19H,9-10,12-13H2,1-2H3,(H,24,26,27). The third-order valence-corrected chi connectivity index (χ3v) is 5.35. The van der Waals surface area contributed by atoms with Gasteiger partial charge in [0.15, 0.2) is 0 Å². The number of anilines is 2. The van der Waals surface area contributed by atoms with E-state index in [-0.39, 0.29) is 5.91 Å². The Balaban J connectivity index is 1.34. The molecular formula is C23H26N6O. The molecular weight excluding hydrogens is 376 g/mol. The van der Waals surface area contributed by atoms with Crippen LogP contribution in [0.15, 0.2) is 55.0 Å². The minimum absolute atomic E-state index is 0.0555. The second-order valence-electron chi connectivity index (χ2n) is 7.64.